The van der Waals surface area contributed by atoms with Crippen LogP contribution in [-0.2, 0) is 0 Å². The van der Waals surface area contributed by atoms with E-state index in [-0.39, 0.29) is 12.5 Å². The Morgan fingerprint density at radius 1 is 1.45 bits per heavy atom. The van der Waals surface area contributed by atoms with Crippen molar-refractivity contribution in [1.82, 2.24) is 5.32 Å². The molecule has 0 radical (unpaired) electrons. The minimum absolute atomic E-state index is 0.0845. The molecule has 1 aromatic carbocycles. The second-order valence-electron chi connectivity index (χ2n) is 5.76. The van der Waals surface area contributed by atoms with Gasteiger partial charge in [0.25, 0.3) is 5.91 Å². The number of rotatable bonds is 7. The summed E-state index contributed by atoms with van der Waals surface area (Å²) in [6.45, 7) is 8.44. The summed E-state index contributed by atoms with van der Waals surface area (Å²) >= 11 is 0. The molecule has 0 saturated heterocycles. The van der Waals surface area contributed by atoms with Crippen molar-refractivity contribution >= 4 is 5.91 Å². The Kier molecular flexibility index (Phi) is 6.02. The van der Waals surface area contributed by atoms with E-state index in [0.29, 0.717) is 30.3 Å². The van der Waals surface area contributed by atoms with E-state index in [9.17, 15) is 9.90 Å². The predicted octanol–water partition coefficient (Wildman–Crippen LogP) is 2.61. The first-order valence-corrected chi connectivity index (χ1v) is 7.06. The lowest BCUT2D eigenvalue weighted by Gasteiger charge is -2.27. The number of carbonyl (C=O) groups is 1. The third kappa shape index (κ3) is 4.85. The topological polar surface area (TPSA) is 58.6 Å². The Balaban J connectivity index is 2.76. The SMILES string of the molecule is CCC(C)(CO)NC(=O)c1cccc(OCC(C)C)c1. The maximum Gasteiger partial charge on any atom is 0.251 e. The van der Waals surface area contributed by atoms with Gasteiger partial charge in [-0.1, -0.05) is 26.8 Å². The van der Waals surface area contributed by atoms with Gasteiger partial charge in [0.1, 0.15) is 5.75 Å². The van der Waals surface area contributed by atoms with Crippen LogP contribution in [0.25, 0.3) is 0 Å². The van der Waals surface area contributed by atoms with E-state index in [2.05, 4.69) is 19.2 Å². The number of nitrogens with one attached hydrogen (secondary N) is 1. The number of carbonyl (C=O) groups excluding carboxylic acids is 1. The molecule has 0 heterocycles. The zero-order valence-electron chi connectivity index (χ0n) is 12.8. The highest BCUT2D eigenvalue weighted by molar-refractivity contribution is 5.95. The summed E-state index contributed by atoms with van der Waals surface area (Å²) in [4.78, 5) is 12.2. The van der Waals surface area contributed by atoms with Crippen molar-refractivity contribution in [3.05, 3.63) is 29.8 Å². The summed E-state index contributed by atoms with van der Waals surface area (Å²) in [6, 6.07) is 7.10. The molecule has 1 rings (SSSR count). The molecule has 1 unspecified atom stereocenters. The van der Waals surface area contributed by atoms with Crippen LogP contribution in [0.15, 0.2) is 24.3 Å². The van der Waals surface area contributed by atoms with Gasteiger partial charge in [-0.2, -0.15) is 0 Å². The summed E-state index contributed by atoms with van der Waals surface area (Å²) in [5.74, 6) is 0.928. The van der Waals surface area contributed by atoms with Crippen LogP contribution in [0.3, 0.4) is 0 Å². The van der Waals surface area contributed by atoms with Crippen LogP contribution in [0.4, 0.5) is 0 Å². The number of benzene rings is 1. The summed E-state index contributed by atoms with van der Waals surface area (Å²) in [5, 5.41) is 12.2. The largest absolute Gasteiger partial charge is 0.493 e. The van der Waals surface area contributed by atoms with Gasteiger partial charge in [0.15, 0.2) is 0 Å². The van der Waals surface area contributed by atoms with E-state index in [4.69, 9.17) is 4.74 Å². The fraction of sp³-hybridized carbons (Fsp3) is 0.562. The second-order valence-corrected chi connectivity index (χ2v) is 5.76. The van der Waals surface area contributed by atoms with Crippen LogP contribution in [-0.4, -0.2) is 29.8 Å². The van der Waals surface area contributed by atoms with Crippen molar-refractivity contribution < 1.29 is 14.6 Å². The molecule has 1 amide bonds. The van der Waals surface area contributed by atoms with E-state index in [1.54, 1.807) is 18.2 Å². The molecule has 0 aromatic heterocycles. The number of hydrogen-bond acceptors (Lipinski definition) is 3. The van der Waals surface area contributed by atoms with Crippen LogP contribution in [0.5, 0.6) is 5.75 Å². The molecule has 2 N–H and O–H groups in total. The van der Waals surface area contributed by atoms with E-state index in [1.165, 1.54) is 0 Å². The Hall–Kier alpha value is -1.55. The van der Waals surface area contributed by atoms with E-state index < -0.39 is 5.54 Å². The molecule has 1 aromatic rings. The number of ether oxygens (including phenoxy) is 1. The van der Waals surface area contributed by atoms with Crippen LogP contribution in [0.2, 0.25) is 0 Å². The van der Waals surface area contributed by atoms with Gasteiger partial charge >= 0.3 is 0 Å². The molecule has 4 heteroatoms. The van der Waals surface area contributed by atoms with E-state index >= 15 is 0 Å². The normalized spacial score (nSPS) is 13.9. The smallest absolute Gasteiger partial charge is 0.251 e. The third-order valence-electron chi connectivity index (χ3n) is 3.22. The highest BCUT2D eigenvalue weighted by Crippen LogP contribution is 2.16. The average molecular weight is 279 g/mol. The highest BCUT2D eigenvalue weighted by atomic mass is 16.5. The predicted molar refractivity (Wildman–Crippen MR) is 80.0 cm³/mol. The van der Waals surface area contributed by atoms with Crippen LogP contribution >= 0.6 is 0 Å². The van der Waals surface area contributed by atoms with Crippen molar-refractivity contribution in [2.45, 2.75) is 39.7 Å². The zero-order chi connectivity index (χ0) is 15.2. The van der Waals surface area contributed by atoms with E-state index in [1.807, 2.05) is 19.9 Å². The molecule has 0 saturated carbocycles. The van der Waals surface area contributed by atoms with Crippen molar-refractivity contribution in [2.75, 3.05) is 13.2 Å². The summed E-state index contributed by atoms with van der Waals surface area (Å²) < 4.78 is 5.61. The number of amides is 1. The lowest BCUT2D eigenvalue weighted by Crippen LogP contribution is -2.48. The molecule has 112 valence electrons. The fourth-order valence-corrected chi connectivity index (χ4v) is 1.58. The fourth-order valence-electron chi connectivity index (χ4n) is 1.58. The Morgan fingerprint density at radius 3 is 2.70 bits per heavy atom. The van der Waals surface area contributed by atoms with Gasteiger partial charge in [-0.15, -0.1) is 0 Å². The van der Waals surface area contributed by atoms with Gasteiger partial charge in [-0.05, 0) is 37.5 Å². The Morgan fingerprint density at radius 2 is 2.15 bits per heavy atom. The molecule has 0 spiro atoms. The quantitative estimate of drug-likeness (QED) is 0.806. The summed E-state index contributed by atoms with van der Waals surface area (Å²) in [7, 11) is 0. The lowest BCUT2D eigenvalue weighted by molar-refractivity contribution is 0.0847. The lowest BCUT2D eigenvalue weighted by atomic mass is 9.99. The van der Waals surface area contributed by atoms with Gasteiger partial charge in [-0.25, -0.2) is 0 Å². The first-order valence-electron chi connectivity index (χ1n) is 7.06. The minimum Gasteiger partial charge on any atom is -0.493 e. The van der Waals surface area contributed by atoms with Crippen molar-refractivity contribution in [2.24, 2.45) is 5.92 Å². The molecular formula is C16H25NO3. The summed E-state index contributed by atoms with van der Waals surface area (Å²) in [6.07, 6.45) is 0.665. The van der Waals surface area contributed by atoms with Crippen LogP contribution in [0.1, 0.15) is 44.5 Å². The van der Waals surface area contributed by atoms with Crippen LogP contribution < -0.4 is 10.1 Å². The summed E-state index contributed by atoms with van der Waals surface area (Å²) in [5.41, 5.74) is -0.0503. The first kappa shape index (κ1) is 16.5. The number of hydrogen-bond donors (Lipinski definition) is 2. The molecule has 0 aliphatic rings. The third-order valence-corrected chi connectivity index (χ3v) is 3.22. The Bertz CT molecular complexity index is 439. The van der Waals surface area contributed by atoms with Crippen molar-refractivity contribution in [3.8, 4) is 5.75 Å². The van der Waals surface area contributed by atoms with Crippen molar-refractivity contribution in [1.29, 1.82) is 0 Å². The number of aliphatic hydroxyl groups is 1. The van der Waals surface area contributed by atoms with Gasteiger partial charge in [0.2, 0.25) is 0 Å². The molecule has 0 aliphatic carbocycles. The Labute approximate surface area is 121 Å². The first-order chi connectivity index (χ1) is 9.40. The van der Waals surface area contributed by atoms with Gasteiger partial charge in [0.05, 0.1) is 18.8 Å². The molecule has 0 fully saturated rings. The molecule has 4 nitrogen and oxygen atoms in total. The minimum atomic E-state index is -0.591. The van der Waals surface area contributed by atoms with Crippen molar-refractivity contribution in [3.63, 3.8) is 0 Å². The molecule has 20 heavy (non-hydrogen) atoms. The molecule has 0 aliphatic heterocycles. The average Bonchev–Trinajstić information content (AvgIpc) is 2.45. The molecular weight excluding hydrogens is 254 g/mol. The highest BCUT2D eigenvalue weighted by Gasteiger charge is 2.23. The van der Waals surface area contributed by atoms with Gasteiger partial charge in [0, 0.05) is 5.56 Å². The standard InChI is InChI=1S/C16H25NO3/c1-5-16(4,11-18)17-15(19)13-7-6-8-14(9-13)20-10-12(2)3/h6-9,12,18H,5,10-11H2,1-4H3,(H,17,19). The molecule has 0 bridgehead atoms. The number of aliphatic hydroxyl groups excluding tert-OH is 1. The second kappa shape index (κ2) is 7.29. The zero-order valence-corrected chi connectivity index (χ0v) is 12.8. The maximum atomic E-state index is 12.2. The molecule has 1 atom stereocenters. The monoisotopic (exact) mass is 279 g/mol. The van der Waals surface area contributed by atoms with E-state index in [0.717, 1.165) is 0 Å². The van der Waals surface area contributed by atoms with Gasteiger partial charge in [-0.3, -0.25) is 4.79 Å². The maximum absolute atomic E-state index is 12.2. The van der Waals surface area contributed by atoms with Gasteiger partial charge < -0.3 is 15.2 Å². The van der Waals surface area contributed by atoms with Crippen LogP contribution in [0, 0.1) is 5.92 Å².